The quantitative estimate of drug-likeness (QED) is 0.710. The summed E-state index contributed by atoms with van der Waals surface area (Å²) in [5.74, 6) is 0.568. The van der Waals surface area contributed by atoms with Crippen molar-refractivity contribution in [2.75, 3.05) is 17.4 Å². The molecule has 1 atom stereocenters. The Morgan fingerprint density at radius 1 is 1.26 bits per heavy atom. The number of amides is 3. The van der Waals surface area contributed by atoms with Crippen LogP contribution < -0.4 is 25.4 Å². The highest BCUT2D eigenvalue weighted by Crippen LogP contribution is 2.34. The number of rotatable bonds is 5. The number of thiazole rings is 1. The average molecular weight is 388 g/mol. The summed E-state index contributed by atoms with van der Waals surface area (Å²) in [6.45, 7) is 0.171. The molecule has 4 rings (SSSR count). The monoisotopic (exact) mass is 388 g/mol. The third-order valence-corrected chi connectivity index (χ3v) is 4.90. The Hall–Kier alpha value is -3.14. The van der Waals surface area contributed by atoms with Gasteiger partial charge in [-0.25, -0.2) is 4.98 Å². The molecule has 1 fully saturated rings. The van der Waals surface area contributed by atoms with Gasteiger partial charge in [-0.15, -0.1) is 11.3 Å². The van der Waals surface area contributed by atoms with Crippen molar-refractivity contribution in [3.8, 4) is 11.5 Å². The first-order chi connectivity index (χ1) is 13.1. The fraction of sp³-hybridized carbons (Fsp3) is 0.294. The molecular formula is C17H16N4O5S. The molecule has 1 unspecified atom stereocenters. The number of hydrogen-bond acceptors (Lipinski definition) is 7. The van der Waals surface area contributed by atoms with E-state index in [1.165, 1.54) is 11.3 Å². The molecule has 1 saturated heterocycles. The summed E-state index contributed by atoms with van der Waals surface area (Å²) in [4.78, 5) is 39.7. The molecule has 3 N–H and O–H groups in total. The molecule has 0 radical (unpaired) electrons. The number of ether oxygens (including phenoxy) is 2. The minimum Gasteiger partial charge on any atom is -0.454 e. The van der Waals surface area contributed by atoms with E-state index in [4.69, 9.17) is 9.47 Å². The molecule has 2 aliphatic rings. The van der Waals surface area contributed by atoms with Gasteiger partial charge in [-0.3, -0.25) is 14.4 Å². The van der Waals surface area contributed by atoms with Crippen molar-refractivity contribution in [2.45, 2.75) is 25.3 Å². The van der Waals surface area contributed by atoms with Crippen molar-refractivity contribution in [1.29, 1.82) is 0 Å². The summed E-state index contributed by atoms with van der Waals surface area (Å²) in [5, 5.41) is 10.1. The van der Waals surface area contributed by atoms with Gasteiger partial charge in [0.25, 0.3) is 0 Å². The summed E-state index contributed by atoms with van der Waals surface area (Å²) >= 11 is 1.23. The van der Waals surface area contributed by atoms with E-state index in [1.54, 1.807) is 23.6 Å². The number of anilines is 2. The maximum atomic E-state index is 12.2. The highest BCUT2D eigenvalue weighted by molar-refractivity contribution is 7.13. The zero-order valence-electron chi connectivity index (χ0n) is 14.1. The maximum absolute atomic E-state index is 12.2. The van der Waals surface area contributed by atoms with Gasteiger partial charge in [0.2, 0.25) is 24.5 Å². The fourth-order valence-corrected chi connectivity index (χ4v) is 3.51. The summed E-state index contributed by atoms with van der Waals surface area (Å²) in [6, 6.07) is 4.63. The van der Waals surface area contributed by atoms with Gasteiger partial charge in [-0.2, -0.15) is 0 Å². The summed E-state index contributed by atoms with van der Waals surface area (Å²) in [7, 11) is 0. The first-order valence-corrected chi connectivity index (χ1v) is 9.19. The molecular weight excluding hydrogens is 372 g/mol. The molecule has 2 aliphatic heterocycles. The van der Waals surface area contributed by atoms with Gasteiger partial charge in [-0.05, 0) is 18.6 Å². The van der Waals surface area contributed by atoms with E-state index in [-0.39, 0.29) is 30.9 Å². The van der Waals surface area contributed by atoms with E-state index < -0.39 is 6.04 Å². The molecule has 3 amide bonds. The molecule has 1 aromatic heterocycles. The molecule has 27 heavy (non-hydrogen) atoms. The Labute approximate surface area is 158 Å². The first-order valence-electron chi connectivity index (χ1n) is 8.31. The molecule has 10 heteroatoms. The molecule has 0 saturated carbocycles. The lowest BCUT2D eigenvalue weighted by molar-refractivity contribution is -0.122. The van der Waals surface area contributed by atoms with Gasteiger partial charge in [0.05, 0.1) is 12.1 Å². The zero-order valence-corrected chi connectivity index (χ0v) is 14.9. The van der Waals surface area contributed by atoms with Crippen LogP contribution in [0.5, 0.6) is 11.5 Å². The van der Waals surface area contributed by atoms with Crippen LogP contribution in [0.2, 0.25) is 0 Å². The molecule has 0 bridgehead atoms. The molecule has 1 aromatic carbocycles. The molecule has 9 nitrogen and oxygen atoms in total. The topological polar surface area (TPSA) is 119 Å². The van der Waals surface area contributed by atoms with Gasteiger partial charge in [0.15, 0.2) is 16.6 Å². The lowest BCUT2D eigenvalue weighted by atomic mass is 10.2. The van der Waals surface area contributed by atoms with Crippen LogP contribution in [0.1, 0.15) is 18.5 Å². The SMILES string of the molecule is O=C(Cc1csc(NC(=O)C2CCC(=O)N2)n1)Nc1ccc2c(c1)OCO2. The Bertz CT molecular complexity index is 912. The summed E-state index contributed by atoms with van der Waals surface area (Å²) in [5.41, 5.74) is 1.15. The Kier molecular flexibility index (Phi) is 4.63. The fourth-order valence-electron chi connectivity index (χ4n) is 2.79. The van der Waals surface area contributed by atoms with Crippen molar-refractivity contribution < 1.29 is 23.9 Å². The van der Waals surface area contributed by atoms with Crippen LogP contribution in [0, 0.1) is 0 Å². The van der Waals surface area contributed by atoms with Crippen molar-refractivity contribution >= 4 is 39.9 Å². The molecule has 0 aliphatic carbocycles. The van der Waals surface area contributed by atoms with Crippen LogP contribution in [-0.4, -0.2) is 35.5 Å². The van der Waals surface area contributed by atoms with Crippen molar-refractivity contribution in [1.82, 2.24) is 10.3 Å². The predicted molar refractivity (Wildman–Crippen MR) is 96.8 cm³/mol. The van der Waals surface area contributed by atoms with Gasteiger partial charge in [-0.1, -0.05) is 0 Å². The third kappa shape index (κ3) is 4.00. The lowest BCUT2D eigenvalue weighted by Gasteiger charge is -2.08. The van der Waals surface area contributed by atoms with Gasteiger partial charge >= 0.3 is 0 Å². The number of fused-ring (bicyclic) bond motifs is 1. The largest absolute Gasteiger partial charge is 0.454 e. The van der Waals surface area contributed by atoms with Gasteiger partial charge in [0.1, 0.15) is 6.04 Å². The number of hydrogen-bond donors (Lipinski definition) is 3. The van der Waals surface area contributed by atoms with Crippen molar-refractivity contribution in [3.05, 3.63) is 29.3 Å². The second kappa shape index (κ2) is 7.23. The molecule has 2 aromatic rings. The second-order valence-corrected chi connectivity index (χ2v) is 6.94. The van der Waals surface area contributed by atoms with E-state index in [0.717, 1.165) is 0 Å². The third-order valence-electron chi connectivity index (χ3n) is 4.09. The van der Waals surface area contributed by atoms with Crippen LogP contribution in [0.15, 0.2) is 23.6 Å². The highest BCUT2D eigenvalue weighted by Gasteiger charge is 2.27. The number of carbonyl (C=O) groups is 3. The van der Waals surface area contributed by atoms with E-state index in [1.807, 2.05) is 0 Å². The second-order valence-electron chi connectivity index (χ2n) is 6.09. The van der Waals surface area contributed by atoms with Crippen molar-refractivity contribution in [3.63, 3.8) is 0 Å². The molecule has 0 spiro atoms. The number of carbonyl (C=O) groups excluding carboxylic acids is 3. The van der Waals surface area contributed by atoms with E-state index in [0.29, 0.717) is 40.9 Å². The van der Waals surface area contributed by atoms with E-state index >= 15 is 0 Å². The Morgan fingerprint density at radius 2 is 2.11 bits per heavy atom. The Balaban J connectivity index is 1.31. The Morgan fingerprint density at radius 3 is 2.93 bits per heavy atom. The predicted octanol–water partition coefficient (Wildman–Crippen LogP) is 1.27. The first kappa shape index (κ1) is 17.3. The van der Waals surface area contributed by atoms with Crippen LogP contribution in [0.4, 0.5) is 10.8 Å². The van der Waals surface area contributed by atoms with Crippen LogP contribution in [-0.2, 0) is 20.8 Å². The van der Waals surface area contributed by atoms with Crippen LogP contribution in [0.25, 0.3) is 0 Å². The average Bonchev–Trinajstić information content (AvgIpc) is 3.35. The van der Waals surface area contributed by atoms with Gasteiger partial charge in [0, 0.05) is 23.6 Å². The number of nitrogens with one attached hydrogen (secondary N) is 3. The van der Waals surface area contributed by atoms with E-state index in [9.17, 15) is 14.4 Å². The normalized spacial score (nSPS) is 17.5. The summed E-state index contributed by atoms with van der Waals surface area (Å²) in [6.07, 6.45) is 0.892. The summed E-state index contributed by atoms with van der Waals surface area (Å²) < 4.78 is 10.5. The lowest BCUT2D eigenvalue weighted by Crippen LogP contribution is -2.37. The number of nitrogens with zero attached hydrogens (tertiary/aromatic N) is 1. The van der Waals surface area contributed by atoms with Crippen LogP contribution >= 0.6 is 11.3 Å². The minimum atomic E-state index is -0.529. The molecule has 3 heterocycles. The smallest absolute Gasteiger partial charge is 0.248 e. The van der Waals surface area contributed by atoms with Crippen molar-refractivity contribution in [2.24, 2.45) is 0 Å². The standard InChI is InChI=1S/C17H16N4O5S/c22-14-4-2-11(20-14)16(24)21-17-19-10(7-27-17)6-15(23)18-9-1-3-12-13(5-9)26-8-25-12/h1,3,5,7,11H,2,4,6,8H2,(H,18,23)(H,20,22)(H,19,21,24). The van der Waals surface area contributed by atoms with Gasteiger partial charge < -0.3 is 25.4 Å². The number of aromatic nitrogens is 1. The number of benzene rings is 1. The van der Waals surface area contributed by atoms with Crippen LogP contribution in [0.3, 0.4) is 0 Å². The highest BCUT2D eigenvalue weighted by atomic mass is 32.1. The van der Waals surface area contributed by atoms with E-state index in [2.05, 4.69) is 20.9 Å². The zero-order chi connectivity index (χ0) is 18.8. The minimum absolute atomic E-state index is 0.0704. The maximum Gasteiger partial charge on any atom is 0.248 e. The molecule has 140 valence electrons.